The molecule has 0 aliphatic carbocycles. The average Bonchev–Trinajstić information content (AvgIpc) is 3.13. The zero-order valence-corrected chi connectivity index (χ0v) is 29.2. The van der Waals surface area contributed by atoms with Gasteiger partial charge in [0.1, 0.15) is 5.75 Å². The van der Waals surface area contributed by atoms with Gasteiger partial charge in [0.05, 0.1) is 36.1 Å². The maximum atomic E-state index is 14.4. The summed E-state index contributed by atoms with van der Waals surface area (Å²) in [5.41, 5.74) is 1.86. The minimum absolute atomic E-state index is 0.191. The summed E-state index contributed by atoms with van der Waals surface area (Å²) in [6.45, 7) is 6.49. The van der Waals surface area contributed by atoms with Crippen LogP contribution in [-0.4, -0.2) is 89.3 Å². The van der Waals surface area contributed by atoms with E-state index in [1.54, 1.807) is 66.5 Å². The molecular formula is C39H47N5O6. The SMILES string of the molecule is C[C@@H]1CCCCO[C@@H](CN(C)C(=O)Nc2cccc3ccccc23)[C@@H](C)CN([C@H](C)CO)C(=O)c2cc(NC(=O)c3ccncc3)ccc2O1. The van der Waals surface area contributed by atoms with Crippen LogP contribution in [-0.2, 0) is 4.74 Å². The molecule has 0 spiro atoms. The first kappa shape index (κ1) is 36.3. The average molecular weight is 682 g/mol. The van der Waals surface area contributed by atoms with Gasteiger partial charge in [-0.2, -0.15) is 0 Å². The lowest BCUT2D eigenvalue weighted by Gasteiger charge is -2.35. The highest BCUT2D eigenvalue weighted by Gasteiger charge is 2.31. The number of urea groups is 1. The Morgan fingerprint density at radius 2 is 1.78 bits per heavy atom. The van der Waals surface area contributed by atoms with Crippen molar-refractivity contribution in [2.24, 2.45) is 5.92 Å². The zero-order valence-electron chi connectivity index (χ0n) is 29.2. The van der Waals surface area contributed by atoms with Crippen LogP contribution >= 0.6 is 0 Å². The summed E-state index contributed by atoms with van der Waals surface area (Å²) in [6, 6.07) is 21.1. The molecule has 11 heteroatoms. The summed E-state index contributed by atoms with van der Waals surface area (Å²) in [5.74, 6) is -0.500. The lowest BCUT2D eigenvalue weighted by molar-refractivity contribution is -0.0115. The van der Waals surface area contributed by atoms with Crippen molar-refractivity contribution in [3.63, 3.8) is 0 Å². The second kappa shape index (κ2) is 17.1. The van der Waals surface area contributed by atoms with Gasteiger partial charge in [-0.15, -0.1) is 0 Å². The van der Waals surface area contributed by atoms with Crippen LogP contribution in [0.2, 0.25) is 0 Å². The number of benzene rings is 3. The highest BCUT2D eigenvalue weighted by atomic mass is 16.5. The molecule has 3 N–H and O–H groups in total. The van der Waals surface area contributed by atoms with Gasteiger partial charge in [-0.3, -0.25) is 14.6 Å². The van der Waals surface area contributed by atoms with E-state index in [-0.39, 0.29) is 55.1 Å². The van der Waals surface area contributed by atoms with Crippen molar-refractivity contribution >= 4 is 40.0 Å². The van der Waals surface area contributed by atoms with E-state index in [0.29, 0.717) is 23.6 Å². The Balaban J connectivity index is 1.38. The number of carbonyl (C=O) groups excluding carboxylic acids is 3. The number of hydrogen-bond acceptors (Lipinski definition) is 7. The molecule has 0 bridgehead atoms. The molecule has 0 unspecified atom stereocenters. The second-order valence-electron chi connectivity index (χ2n) is 13.0. The van der Waals surface area contributed by atoms with Gasteiger partial charge in [0, 0.05) is 61.7 Å². The first-order chi connectivity index (χ1) is 24.1. The number of hydrogen-bond donors (Lipinski definition) is 3. The van der Waals surface area contributed by atoms with Crippen molar-refractivity contribution in [2.45, 2.75) is 58.3 Å². The molecule has 3 aromatic carbocycles. The van der Waals surface area contributed by atoms with Gasteiger partial charge in [-0.1, -0.05) is 43.3 Å². The van der Waals surface area contributed by atoms with E-state index in [9.17, 15) is 19.5 Å². The maximum absolute atomic E-state index is 14.4. The first-order valence-corrected chi connectivity index (χ1v) is 17.2. The van der Waals surface area contributed by atoms with Gasteiger partial charge in [-0.05, 0) is 74.9 Å². The molecule has 0 saturated carbocycles. The molecule has 50 heavy (non-hydrogen) atoms. The topological polar surface area (TPSA) is 133 Å². The monoisotopic (exact) mass is 681 g/mol. The quantitative estimate of drug-likeness (QED) is 0.204. The van der Waals surface area contributed by atoms with Crippen molar-refractivity contribution in [2.75, 3.05) is 44.0 Å². The Morgan fingerprint density at radius 3 is 2.56 bits per heavy atom. The maximum Gasteiger partial charge on any atom is 0.321 e. The van der Waals surface area contributed by atoms with Crippen molar-refractivity contribution in [1.29, 1.82) is 0 Å². The number of nitrogens with zero attached hydrogens (tertiary/aromatic N) is 3. The molecule has 4 atom stereocenters. The number of anilines is 2. The molecule has 4 amide bonds. The fourth-order valence-electron chi connectivity index (χ4n) is 6.07. The summed E-state index contributed by atoms with van der Waals surface area (Å²) in [7, 11) is 1.73. The van der Waals surface area contributed by atoms with Crippen molar-refractivity contribution in [3.05, 3.63) is 96.3 Å². The molecule has 1 aliphatic rings. The first-order valence-electron chi connectivity index (χ1n) is 17.2. The van der Waals surface area contributed by atoms with Crippen molar-refractivity contribution < 1.29 is 29.0 Å². The predicted octanol–water partition coefficient (Wildman–Crippen LogP) is 6.45. The number of amides is 4. The van der Waals surface area contributed by atoms with Crippen LogP contribution in [0.5, 0.6) is 5.75 Å². The third-order valence-electron chi connectivity index (χ3n) is 9.08. The summed E-state index contributed by atoms with van der Waals surface area (Å²) >= 11 is 0. The lowest BCUT2D eigenvalue weighted by atomic mass is 10.0. The molecule has 0 radical (unpaired) electrons. The minimum atomic E-state index is -0.536. The van der Waals surface area contributed by atoms with Crippen LogP contribution < -0.4 is 15.4 Å². The highest BCUT2D eigenvalue weighted by Crippen LogP contribution is 2.29. The van der Waals surface area contributed by atoms with E-state index in [4.69, 9.17) is 9.47 Å². The molecule has 0 fully saturated rings. The smallest absolute Gasteiger partial charge is 0.321 e. The Morgan fingerprint density at radius 1 is 1.02 bits per heavy atom. The van der Waals surface area contributed by atoms with E-state index >= 15 is 0 Å². The van der Waals surface area contributed by atoms with Gasteiger partial charge in [-0.25, -0.2) is 4.79 Å². The second-order valence-corrected chi connectivity index (χ2v) is 13.0. The molecule has 1 aromatic heterocycles. The van der Waals surface area contributed by atoms with Crippen LogP contribution in [0, 0.1) is 5.92 Å². The summed E-state index contributed by atoms with van der Waals surface area (Å²) in [6.07, 6.45) is 4.87. The van der Waals surface area contributed by atoms with Crippen molar-refractivity contribution in [3.8, 4) is 5.75 Å². The van der Waals surface area contributed by atoms with Gasteiger partial charge in [0.2, 0.25) is 0 Å². The zero-order chi connectivity index (χ0) is 35.6. The third kappa shape index (κ3) is 9.16. The Labute approximate surface area is 293 Å². The van der Waals surface area contributed by atoms with E-state index in [1.165, 1.54) is 0 Å². The van der Waals surface area contributed by atoms with Crippen LogP contribution in [0.15, 0.2) is 85.2 Å². The number of carbonyl (C=O) groups is 3. The summed E-state index contributed by atoms with van der Waals surface area (Å²) in [5, 5.41) is 18.2. The van der Waals surface area contributed by atoms with Crippen LogP contribution in [0.1, 0.15) is 60.7 Å². The standard InChI is InChI=1S/C39H47N5O6/c1-26-23-44(27(2)25-45)38(47)33-22-31(41-37(46)30-17-19-40-20-18-30)15-16-35(33)50-28(3)10-7-8-21-49-36(26)24-43(4)39(48)42-34-14-9-12-29-11-5-6-13-32(29)34/h5-6,9,11-20,22,26-28,36,45H,7-8,10,21,23-25H2,1-4H3,(H,41,46)(H,42,48)/t26-,27+,28+,36-/m0/s1. The number of aliphatic hydroxyl groups is 1. The lowest BCUT2D eigenvalue weighted by Crippen LogP contribution is -2.48. The summed E-state index contributed by atoms with van der Waals surface area (Å²) < 4.78 is 12.7. The minimum Gasteiger partial charge on any atom is -0.490 e. The van der Waals surface area contributed by atoms with Gasteiger partial charge in [0.25, 0.3) is 11.8 Å². The largest absolute Gasteiger partial charge is 0.490 e. The normalized spacial score (nSPS) is 19.4. The number of fused-ring (bicyclic) bond motifs is 2. The molecule has 0 saturated heterocycles. The number of aliphatic hydroxyl groups excluding tert-OH is 1. The Bertz CT molecular complexity index is 1760. The molecule has 1 aliphatic heterocycles. The molecule has 264 valence electrons. The molecule has 4 aromatic rings. The van der Waals surface area contributed by atoms with E-state index < -0.39 is 12.1 Å². The van der Waals surface area contributed by atoms with E-state index in [2.05, 4.69) is 15.6 Å². The fourth-order valence-corrected chi connectivity index (χ4v) is 6.07. The number of ether oxygens (including phenoxy) is 2. The third-order valence-corrected chi connectivity index (χ3v) is 9.08. The molecule has 5 rings (SSSR count). The van der Waals surface area contributed by atoms with E-state index in [1.807, 2.05) is 56.3 Å². The van der Waals surface area contributed by atoms with E-state index in [0.717, 1.165) is 35.7 Å². The van der Waals surface area contributed by atoms with Crippen LogP contribution in [0.3, 0.4) is 0 Å². The van der Waals surface area contributed by atoms with Crippen LogP contribution in [0.25, 0.3) is 10.8 Å². The molecule has 2 heterocycles. The van der Waals surface area contributed by atoms with Gasteiger partial charge >= 0.3 is 6.03 Å². The Hall–Kier alpha value is -5.00. The fraction of sp³-hybridized carbons (Fsp3) is 0.385. The number of rotatable bonds is 7. The van der Waals surface area contributed by atoms with Gasteiger partial charge in [0.15, 0.2) is 0 Å². The Kier molecular flexibility index (Phi) is 12.4. The number of pyridine rings is 1. The number of nitrogens with one attached hydrogen (secondary N) is 2. The van der Waals surface area contributed by atoms with Crippen molar-refractivity contribution in [1.82, 2.24) is 14.8 Å². The number of aromatic nitrogens is 1. The molecule has 11 nitrogen and oxygen atoms in total. The number of likely N-dealkylation sites (N-methyl/N-ethyl adjacent to an activating group) is 1. The summed E-state index contributed by atoms with van der Waals surface area (Å²) in [4.78, 5) is 48.0. The highest BCUT2D eigenvalue weighted by molar-refractivity contribution is 6.05. The van der Waals surface area contributed by atoms with Crippen LogP contribution in [0.4, 0.5) is 16.2 Å². The van der Waals surface area contributed by atoms with Gasteiger partial charge < -0.3 is 35.0 Å². The molecular weight excluding hydrogens is 634 g/mol. The predicted molar refractivity (Wildman–Crippen MR) is 195 cm³/mol.